The molecule has 64 valence electrons. The predicted octanol–water partition coefficient (Wildman–Crippen LogP) is 1.44. The summed E-state index contributed by atoms with van der Waals surface area (Å²) in [5.41, 5.74) is 0.759. The minimum absolute atomic E-state index is 0.0731. The van der Waals surface area contributed by atoms with Gasteiger partial charge in [-0.25, -0.2) is 0 Å². The van der Waals surface area contributed by atoms with Crippen LogP contribution in [0.4, 0.5) is 0 Å². The van der Waals surface area contributed by atoms with Crippen molar-refractivity contribution in [3.63, 3.8) is 0 Å². The fraction of sp³-hybridized carbons (Fsp3) is 0.625. The van der Waals surface area contributed by atoms with Gasteiger partial charge in [0.1, 0.15) is 0 Å². The van der Waals surface area contributed by atoms with Crippen LogP contribution >= 0.6 is 0 Å². The third-order valence-electron chi connectivity index (χ3n) is 1.28. The van der Waals surface area contributed by atoms with Gasteiger partial charge in [0.25, 0.3) is 0 Å². The van der Waals surface area contributed by atoms with Crippen LogP contribution in [-0.2, 0) is 9.53 Å². The van der Waals surface area contributed by atoms with Crippen molar-refractivity contribution >= 4 is 5.97 Å². The first kappa shape index (κ1) is 10.2. The van der Waals surface area contributed by atoms with E-state index in [4.69, 9.17) is 9.84 Å². The zero-order valence-electron chi connectivity index (χ0n) is 6.80. The summed E-state index contributed by atoms with van der Waals surface area (Å²) < 4.78 is 4.81. The van der Waals surface area contributed by atoms with Crippen molar-refractivity contribution in [3.8, 4) is 0 Å². The second kappa shape index (κ2) is 5.92. The molecule has 0 saturated carbocycles. The van der Waals surface area contributed by atoms with Crippen LogP contribution in [0.25, 0.3) is 0 Å². The summed E-state index contributed by atoms with van der Waals surface area (Å²) in [6.07, 6.45) is 1.66. The molecule has 0 aromatic heterocycles. The summed E-state index contributed by atoms with van der Waals surface area (Å²) in [6, 6.07) is 0. The van der Waals surface area contributed by atoms with E-state index in [0.717, 1.165) is 18.4 Å². The molecule has 0 rings (SSSR count). The fourth-order valence-corrected chi connectivity index (χ4v) is 0.769. The molecule has 0 radical (unpaired) electrons. The van der Waals surface area contributed by atoms with Gasteiger partial charge in [-0.05, 0) is 12.8 Å². The van der Waals surface area contributed by atoms with Crippen LogP contribution in [0.15, 0.2) is 12.2 Å². The molecule has 0 amide bonds. The zero-order valence-corrected chi connectivity index (χ0v) is 6.80. The lowest BCUT2D eigenvalue weighted by molar-refractivity contribution is -0.136. The van der Waals surface area contributed by atoms with Gasteiger partial charge in [-0.3, -0.25) is 4.79 Å². The normalized spacial score (nSPS) is 9.55. The van der Waals surface area contributed by atoms with E-state index >= 15 is 0 Å². The van der Waals surface area contributed by atoms with Crippen molar-refractivity contribution in [1.82, 2.24) is 0 Å². The number of hydrogen-bond donors (Lipinski definition) is 1. The van der Waals surface area contributed by atoms with Crippen molar-refractivity contribution in [3.05, 3.63) is 12.2 Å². The number of carbonyl (C=O) groups is 1. The molecule has 3 nitrogen and oxygen atoms in total. The number of carboxylic acid groups (broad SMARTS) is 1. The summed E-state index contributed by atoms with van der Waals surface area (Å²) in [4.78, 5) is 10.2. The highest BCUT2D eigenvalue weighted by molar-refractivity contribution is 5.69. The van der Waals surface area contributed by atoms with Gasteiger partial charge in [-0.15, -0.1) is 0 Å². The van der Waals surface area contributed by atoms with Gasteiger partial charge in [0.05, 0.1) is 6.42 Å². The molecule has 1 N–H and O–H groups in total. The van der Waals surface area contributed by atoms with E-state index < -0.39 is 5.97 Å². The quantitative estimate of drug-likeness (QED) is 0.470. The molecule has 0 bridgehead atoms. The Morgan fingerprint density at radius 2 is 2.27 bits per heavy atom. The molecule has 3 heteroatoms. The van der Waals surface area contributed by atoms with Crippen molar-refractivity contribution in [2.75, 3.05) is 13.7 Å². The van der Waals surface area contributed by atoms with Crippen LogP contribution in [0, 0.1) is 0 Å². The number of hydrogen-bond acceptors (Lipinski definition) is 2. The monoisotopic (exact) mass is 158 g/mol. The van der Waals surface area contributed by atoms with Gasteiger partial charge in [-0.2, -0.15) is 0 Å². The Kier molecular flexibility index (Phi) is 5.47. The van der Waals surface area contributed by atoms with Gasteiger partial charge < -0.3 is 9.84 Å². The molecular formula is C8H14O3. The SMILES string of the molecule is C=C(CCCOC)CC(=O)O. The lowest BCUT2D eigenvalue weighted by atomic mass is 10.1. The number of carboxylic acids is 1. The average molecular weight is 158 g/mol. The van der Waals surface area contributed by atoms with Gasteiger partial charge >= 0.3 is 5.97 Å². The Morgan fingerprint density at radius 3 is 2.73 bits per heavy atom. The minimum atomic E-state index is -0.813. The van der Waals surface area contributed by atoms with Gasteiger partial charge in [-0.1, -0.05) is 12.2 Å². The van der Waals surface area contributed by atoms with E-state index in [1.54, 1.807) is 7.11 Å². The molecule has 11 heavy (non-hydrogen) atoms. The Labute approximate surface area is 66.7 Å². The maximum Gasteiger partial charge on any atom is 0.307 e. The summed E-state index contributed by atoms with van der Waals surface area (Å²) in [5.74, 6) is -0.813. The summed E-state index contributed by atoms with van der Waals surface area (Å²) >= 11 is 0. The van der Waals surface area contributed by atoms with Crippen molar-refractivity contribution < 1.29 is 14.6 Å². The first-order valence-corrected chi connectivity index (χ1v) is 3.54. The first-order valence-electron chi connectivity index (χ1n) is 3.54. The largest absolute Gasteiger partial charge is 0.481 e. The third kappa shape index (κ3) is 7.06. The Bertz CT molecular complexity index is 140. The van der Waals surface area contributed by atoms with E-state index in [0.29, 0.717) is 6.61 Å². The lowest BCUT2D eigenvalue weighted by Crippen LogP contribution is -1.97. The zero-order chi connectivity index (χ0) is 8.69. The molecule has 0 aliphatic heterocycles. The fourth-order valence-electron chi connectivity index (χ4n) is 0.769. The molecule has 0 fully saturated rings. The smallest absolute Gasteiger partial charge is 0.307 e. The molecular weight excluding hydrogens is 144 g/mol. The van der Waals surface area contributed by atoms with Crippen LogP contribution in [0.1, 0.15) is 19.3 Å². The van der Waals surface area contributed by atoms with Crippen molar-refractivity contribution in [2.45, 2.75) is 19.3 Å². The Balaban J connectivity index is 3.30. The Hall–Kier alpha value is -0.830. The van der Waals surface area contributed by atoms with Gasteiger partial charge in [0.2, 0.25) is 0 Å². The Morgan fingerprint density at radius 1 is 1.64 bits per heavy atom. The predicted molar refractivity (Wildman–Crippen MR) is 42.5 cm³/mol. The second-order valence-corrected chi connectivity index (χ2v) is 2.42. The van der Waals surface area contributed by atoms with Crippen LogP contribution in [0.2, 0.25) is 0 Å². The van der Waals surface area contributed by atoms with Crippen molar-refractivity contribution in [2.24, 2.45) is 0 Å². The van der Waals surface area contributed by atoms with Crippen LogP contribution in [0.3, 0.4) is 0 Å². The standard InChI is InChI=1S/C8H14O3/c1-7(6-8(9)10)4-3-5-11-2/h1,3-6H2,2H3,(H,9,10). The third-order valence-corrected chi connectivity index (χ3v) is 1.28. The topological polar surface area (TPSA) is 46.5 Å². The molecule has 0 aromatic carbocycles. The van der Waals surface area contributed by atoms with E-state index in [-0.39, 0.29) is 6.42 Å². The highest BCUT2D eigenvalue weighted by Crippen LogP contribution is 2.06. The molecule has 0 unspecified atom stereocenters. The average Bonchev–Trinajstić information content (AvgIpc) is 1.86. The molecule has 0 saturated heterocycles. The number of ether oxygens (including phenoxy) is 1. The van der Waals surface area contributed by atoms with Crippen LogP contribution in [0.5, 0.6) is 0 Å². The summed E-state index contributed by atoms with van der Waals surface area (Å²) in [6.45, 7) is 4.30. The number of aliphatic carboxylic acids is 1. The van der Waals surface area contributed by atoms with E-state index in [2.05, 4.69) is 6.58 Å². The van der Waals surface area contributed by atoms with Crippen molar-refractivity contribution in [1.29, 1.82) is 0 Å². The highest BCUT2D eigenvalue weighted by Gasteiger charge is 2.00. The van der Waals surface area contributed by atoms with Crippen LogP contribution < -0.4 is 0 Å². The van der Waals surface area contributed by atoms with Gasteiger partial charge in [0, 0.05) is 13.7 Å². The molecule has 0 aliphatic rings. The molecule has 0 spiro atoms. The second-order valence-electron chi connectivity index (χ2n) is 2.42. The first-order chi connectivity index (χ1) is 5.16. The van der Waals surface area contributed by atoms with Crippen LogP contribution in [-0.4, -0.2) is 24.8 Å². The van der Waals surface area contributed by atoms with E-state index in [1.807, 2.05) is 0 Å². The molecule has 0 aliphatic carbocycles. The maximum atomic E-state index is 10.2. The maximum absolute atomic E-state index is 10.2. The molecule has 0 heterocycles. The van der Waals surface area contributed by atoms with E-state index in [1.165, 1.54) is 0 Å². The van der Waals surface area contributed by atoms with Gasteiger partial charge in [0.15, 0.2) is 0 Å². The number of methoxy groups -OCH3 is 1. The lowest BCUT2D eigenvalue weighted by Gasteiger charge is -2.00. The minimum Gasteiger partial charge on any atom is -0.481 e. The molecule has 0 aromatic rings. The van der Waals surface area contributed by atoms with E-state index in [9.17, 15) is 4.79 Å². The highest BCUT2D eigenvalue weighted by atomic mass is 16.5. The number of rotatable bonds is 6. The summed E-state index contributed by atoms with van der Waals surface area (Å²) in [7, 11) is 1.62. The molecule has 0 atom stereocenters. The summed E-state index contributed by atoms with van der Waals surface area (Å²) in [5, 5.41) is 8.35.